The molecule has 0 aliphatic rings. The number of hydrogen-bond acceptors (Lipinski definition) is 3. The van der Waals surface area contributed by atoms with Crippen molar-refractivity contribution in [2.75, 3.05) is 6.61 Å². The molecule has 1 N–H and O–H groups in total. The highest BCUT2D eigenvalue weighted by molar-refractivity contribution is 6.31. The van der Waals surface area contributed by atoms with Gasteiger partial charge in [-0.3, -0.25) is 4.79 Å². The van der Waals surface area contributed by atoms with E-state index in [1.165, 1.54) is 0 Å². The average Bonchev–Trinajstić information content (AvgIpc) is 2.98. The highest BCUT2D eigenvalue weighted by Gasteiger charge is 2.27. The summed E-state index contributed by atoms with van der Waals surface area (Å²) in [5.41, 5.74) is 4.08. The molecule has 0 radical (unpaired) electrons. The van der Waals surface area contributed by atoms with E-state index in [-0.39, 0.29) is 12.5 Å². The minimum atomic E-state index is -0.431. The Labute approximate surface area is 181 Å². The van der Waals surface area contributed by atoms with E-state index in [0.29, 0.717) is 34.9 Å². The zero-order valence-electron chi connectivity index (χ0n) is 17.4. The molecular formula is C24H25ClN2O3. The van der Waals surface area contributed by atoms with Crippen LogP contribution in [0.15, 0.2) is 54.6 Å². The molecule has 3 rings (SSSR count). The van der Waals surface area contributed by atoms with E-state index in [2.05, 4.69) is 5.32 Å². The van der Waals surface area contributed by atoms with Crippen molar-refractivity contribution >= 4 is 23.5 Å². The Kier molecular flexibility index (Phi) is 6.95. The number of carbonyl (C=O) groups is 2. The first-order valence-corrected chi connectivity index (χ1v) is 10.2. The van der Waals surface area contributed by atoms with E-state index in [0.717, 1.165) is 16.8 Å². The van der Waals surface area contributed by atoms with Gasteiger partial charge in [0.05, 0.1) is 12.2 Å². The molecule has 0 atom stereocenters. The Morgan fingerprint density at radius 3 is 2.37 bits per heavy atom. The summed E-state index contributed by atoms with van der Waals surface area (Å²) in [6.07, 6.45) is 0. The third-order valence-electron chi connectivity index (χ3n) is 5.04. The normalized spacial score (nSPS) is 10.7. The molecule has 5 nitrogen and oxygen atoms in total. The standard InChI is InChI=1S/C24H25ClN2O3/c1-4-30-24(29)22-16(2)21(17(3)27(22)15-18-10-6-5-7-11-18)23(28)26-14-19-12-8-9-13-20(19)25/h5-13H,4,14-15H2,1-3H3,(H,26,28). The average molecular weight is 425 g/mol. The van der Waals surface area contributed by atoms with E-state index in [1.807, 2.05) is 60.0 Å². The van der Waals surface area contributed by atoms with E-state index in [4.69, 9.17) is 16.3 Å². The van der Waals surface area contributed by atoms with Gasteiger partial charge in [-0.2, -0.15) is 0 Å². The van der Waals surface area contributed by atoms with Gasteiger partial charge in [-0.05, 0) is 43.5 Å². The van der Waals surface area contributed by atoms with Crippen LogP contribution in [0.25, 0.3) is 0 Å². The van der Waals surface area contributed by atoms with Crippen LogP contribution in [0.1, 0.15) is 50.2 Å². The Bertz CT molecular complexity index is 1060. The lowest BCUT2D eigenvalue weighted by atomic mass is 10.1. The lowest BCUT2D eigenvalue weighted by Gasteiger charge is -2.12. The fraction of sp³-hybridized carbons (Fsp3) is 0.250. The number of aromatic nitrogens is 1. The summed E-state index contributed by atoms with van der Waals surface area (Å²) in [5.74, 6) is -0.679. The molecule has 0 fully saturated rings. The fourth-order valence-corrected chi connectivity index (χ4v) is 3.76. The van der Waals surface area contributed by atoms with Gasteiger partial charge in [-0.15, -0.1) is 0 Å². The number of hydrogen-bond donors (Lipinski definition) is 1. The number of halogens is 1. The molecule has 3 aromatic rings. The molecule has 0 spiro atoms. The van der Waals surface area contributed by atoms with Crippen LogP contribution in [-0.4, -0.2) is 23.1 Å². The second-order valence-corrected chi connectivity index (χ2v) is 7.41. The number of carbonyl (C=O) groups excluding carboxylic acids is 2. The second kappa shape index (κ2) is 9.63. The predicted octanol–water partition coefficient (Wildman–Crippen LogP) is 4.91. The van der Waals surface area contributed by atoms with Crippen LogP contribution < -0.4 is 5.32 Å². The van der Waals surface area contributed by atoms with Crippen LogP contribution >= 0.6 is 11.6 Å². The molecule has 30 heavy (non-hydrogen) atoms. The monoisotopic (exact) mass is 424 g/mol. The number of ether oxygens (including phenoxy) is 1. The molecule has 0 saturated carbocycles. The Morgan fingerprint density at radius 1 is 1.03 bits per heavy atom. The van der Waals surface area contributed by atoms with E-state index in [9.17, 15) is 9.59 Å². The minimum Gasteiger partial charge on any atom is -0.461 e. The number of esters is 1. The molecule has 1 heterocycles. The van der Waals surface area contributed by atoms with Gasteiger partial charge in [0.1, 0.15) is 5.69 Å². The number of benzene rings is 2. The Balaban J connectivity index is 1.95. The molecule has 0 aliphatic carbocycles. The van der Waals surface area contributed by atoms with Gasteiger partial charge in [0.2, 0.25) is 0 Å². The Morgan fingerprint density at radius 2 is 1.70 bits per heavy atom. The largest absolute Gasteiger partial charge is 0.461 e. The van der Waals surface area contributed by atoms with Crippen LogP contribution in [0.5, 0.6) is 0 Å². The first-order chi connectivity index (χ1) is 14.4. The van der Waals surface area contributed by atoms with Crippen molar-refractivity contribution in [3.05, 3.63) is 93.3 Å². The van der Waals surface area contributed by atoms with Gasteiger partial charge in [-0.1, -0.05) is 60.1 Å². The molecule has 0 saturated heterocycles. The summed E-state index contributed by atoms with van der Waals surface area (Å²) < 4.78 is 7.13. The van der Waals surface area contributed by atoms with Gasteiger partial charge < -0.3 is 14.6 Å². The van der Waals surface area contributed by atoms with E-state index in [1.54, 1.807) is 19.9 Å². The van der Waals surface area contributed by atoms with Crippen molar-refractivity contribution in [3.63, 3.8) is 0 Å². The van der Waals surface area contributed by atoms with Crippen molar-refractivity contribution in [1.82, 2.24) is 9.88 Å². The fourth-order valence-electron chi connectivity index (χ4n) is 3.56. The van der Waals surface area contributed by atoms with Crippen LogP contribution in [0.2, 0.25) is 5.02 Å². The lowest BCUT2D eigenvalue weighted by Crippen LogP contribution is -2.24. The third-order valence-corrected chi connectivity index (χ3v) is 5.41. The molecule has 0 bridgehead atoms. The first-order valence-electron chi connectivity index (χ1n) is 9.86. The smallest absolute Gasteiger partial charge is 0.355 e. The zero-order valence-corrected chi connectivity index (χ0v) is 18.1. The molecule has 1 aromatic heterocycles. The maximum Gasteiger partial charge on any atom is 0.355 e. The van der Waals surface area contributed by atoms with Crippen molar-refractivity contribution in [2.24, 2.45) is 0 Å². The number of nitrogens with one attached hydrogen (secondary N) is 1. The molecule has 6 heteroatoms. The summed E-state index contributed by atoms with van der Waals surface area (Å²) >= 11 is 6.20. The summed E-state index contributed by atoms with van der Waals surface area (Å²) in [6.45, 7) is 6.44. The van der Waals surface area contributed by atoms with Crippen molar-refractivity contribution in [1.29, 1.82) is 0 Å². The quantitative estimate of drug-likeness (QED) is 0.548. The van der Waals surface area contributed by atoms with Crippen molar-refractivity contribution in [3.8, 4) is 0 Å². The molecular weight excluding hydrogens is 400 g/mol. The second-order valence-electron chi connectivity index (χ2n) is 7.00. The van der Waals surface area contributed by atoms with Gasteiger partial charge in [0.25, 0.3) is 5.91 Å². The number of amides is 1. The van der Waals surface area contributed by atoms with Crippen LogP contribution in [-0.2, 0) is 17.8 Å². The predicted molar refractivity (Wildman–Crippen MR) is 118 cm³/mol. The van der Waals surface area contributed by atoms with Gasteiger partial charge in [-0.25, -0.2) is 4.79 Å². The topological polar surface area (TPSA) is 60.3 Å². The maximum atomic E-state index is 13.0. The highest BCUT2D eigenvalue weighted by Crippen LogP contribution is 2.25. The van der Waals surface area contributed by atoms with Gasteiger partial charge in [0.15, 0.2) is 0 Å². The summed E-state index contributed by atoms with van der Waals surface area (Å²) in [5, 5.41) is 3.52. The Hall–Kier alpha value is -3.05. The lowest BCUT2D eigenvalue weighted by molar-refractivity contribution is 0.0513. The first kappa shape index (κ1) is 21.7. The van der Waals surface area contributed by atoms with Gasteiger partial charge >= 0.3 is 5.97 Å². The molecule has 1 amide bonds. The zero-order chi connectivity index (χ0) is 21.7. The maximum absolute atomic E-state index is 13.0. The summed E-state index contributed by atoms with van der Waals surface area (Å²) in [6, 6.07) is 17.2. The van der Waals surface area contributed by atoms with E-state index < -0.39 is 5.97 Å². The van der Waals surface area contributed by atoms with Crippen LogP contribution in [0.3, 0.4) is 0 Å². The summed E-state index contributed by atoms with van der Waals surface area (Å²) in [4.78, 5) is 25.7. The summed E-state index contributed by atoms with van der Waals surface area (Å²) in [7, 11) is 0. The van der Waals surface area contributed by atoms with Crippen molar-refractivity contribution < 1.29 is 14.3 Å². The number of nitrogens with zero attached hydrogens (tertiary/aromatic N) is 1. The van der Waals surface area contributed by atoms with Crippen LogP contribution in [0.4, 0.5) is 0 Å². The van der Waals surface area contributed by atoms with Crippen molar-refractivity contribution in [2.45, 2.75) is 33.9 Å². The SMILES string of the molecule is CCOC(=O)c1c(C)c(C(=O)NCc2ccccc2Cl)c(C)n1Cc1ccccc1. The molecule has 0 unspecified atom stereocenters. The minimum absolute atomic E-state index is 0.248. The highest BCUT2D eigenvalue weighted by atomic mass is 35.5. The third kappa shape index (κ3) is 4.57. The van der Waals surface area contributed by atoms with Gasteiger partial charge in [0, 0.05) is 23.8 Å². The molecule has 156 valence electrons. The van der Waals surface area contributed by atoms with E-state index >= 15 is 0 Å². The molecule has 2 aromatic carbocycles. The number of rotatable bonds is 7. The molecule has 0 aliphatic heterocycles. The van der Waals surface area contributed by atoms with Crippen LogP contribution in [0, 0.1) is 13.8 Å².